The Morgan fingerprint density at radius 1 is 0.419 bits per heavy atom. The number of pyridine rings is 4. The number of aromatic nitrogens is 5. The highest BCUT2D eigenvalue weighted by Gasteiger charge is 2.16. The second kappa shape index (κ2) is 9.29. The second-order valence-electron chi connectivity index (χ2n) is 10.8. The monoisotopic (exact) mass is 549 g/mol. The Morgan fingerprint density at radius 2 is 1.02 bits per heavy atom. The molecule has 0 N–H and O–H groups in total. The molecule has 9 rings (SSSR count). The van der Waals surface area contributed by atoms with E-state index in [4.69, 9.17) is 19.9 Å². The zero-order valence-electron chi connectivity index (χ0n) is 23.0. The number of hydrogen-bond donors (Lipinski definition) is 0. The van der Waals surface area contributed by atoms with Gasteiger partial charge in [0.25, 0.3) is 0 Å². The summed E-state index contributed by atoms with van der Waals surface area (Å²) < 4.78 is 2.13. The van der Waals surface area contributed by atoms with Crippen molar-refractivity contribution in [2.75, 3.05) is 0 Å². The lowest BCUT2D eigenvalue weighted by molar-refractivity contribution is 1.22. The Morgan fingerprint density at radius 3 is 1.77 bits per heavy atom. The van der Waals surface area contributed by atoms with Crippen molar-refractivity contribution in [3.8, 4) is 33.8 Å². The molecule has 0 amide bonds. The van der Waals surface area contributed by atoms with Crippen LogP contribution < -0.4 is 0 Å². The van der Waals surface area contributed by atoms with Crippen LogP contribution in [0.3, 0.4) is 0 Å². The maximum atomic E-state index is 5.14. The van der Waals surface area contributed by atoms with Gasteiger partial charge in [-0.25, -0.2) is 19.9 Å². The molecule has 200 valence electrons. The predicted molar refractivity (Wildman–Crippen MR) is 175 cm³/mol. The molecule has 0 spiro atoms. The summed E-state index contributed by atoms with van der Waals surface area (Å²) in [5, 5.41) is 3.20. The molecule has 0 unspecified atom stereocenters. The SMILES string of the molecule is c1ccc(-c2ccc3ccc4ccc(-c5ccc(-c6nc7ccccc7c7nc8ccccn8c67)cc5)nc4c3n2)cc1. The van der Waals surface area contributed by atoms with Crippen molar-refractivity contribution in [2.24, 2.45) is 0 Å². The first-order valence-electron chi connectivity index (χ1n) is 14.3. The zero-order valence-corrected chi connectivity index (χ0v) is 23.0. The van der Waals surface area contributed by atoms with Crippen molar-refractivity contribution in [2.45, 2.75) is 0 Å². The minimum atomic E-state index is 0.903. The summed E-state index contributed by atoms with van der Waals surface area (Å²) in [6.45, 7) is 0. The number of rotatable bonds is 3. The molecule has 5 heterocycles. The van der Waals surface area contributed by atoms with Crippen molar-refractivity contribution >= 4 is 49.4 Å². The number of nitrogens with zero attached hydrogens (tertiary/aromatic N) is 5. The summed E-state index contributed by atoms with van der Waals surface area (Å²) in [5.41, 5.74) is 11.6. The van der Waals surface area contributed by atoms with Gasteiger partial charge in [0.15, 0.2) is 0 Å². The van der Waals surface area contributed by atoms with Crippen molar-refractivity contribution in [1.29, 1.82) is 0 Å². The third kappa shape index (κ3) is 3.79. The molecule has 0 saturated heterocycles. The van der Waals surface area contributed by atoms with E-state index in [1.54, 1.807) is 0 Å². The molecule has 0 bridgehead atoms. The summed E-state index contributed by atoms with van der Waals surface area (Å²) >= 11 is 0. The van der Waals surface area contributed by atoms with E-state index in [0.717, 1.165) is 83.2 Å². The second-order valence-corrected chi connectivity index (χ2v) is 10.8. The van der Waals surface area contributed by atoms with Crippen LogP contribution in [0.25, 0.3) is 83.2 Å². The van der Waals surface area contributed by atoms with Crippen LogP contribution >= 0.6 is 0 Å². The van der Waals surface area contributed by atoms with Crippen LogP contribution in [0.1, 0.15) is 0 Å². The molecular weight excluding hydrogens is 526 g/mol. The van der Waals surface area contributed by atoms with Crippen LogP contribution in [0.2, 0.25) is 0 Å². The van der Waals surface area contributed by atoms with Crippen molar-refractivity contribution in [3.05, 3.63) is 140 Å². The van der Waals surface area contributed by atoms with Crippen LogP contribution in [0.15, 0.2) is 140 Å². The number of hydrogen-bond acceptors (Lipinski definition) is 4. The Hall–Kier alpha value is -5.94. The van der Waals surface area contributed by atoms with Gasteiger partial charge in [-0.15, -0.1) is 0 Å². The number of fused-ring (bicyclic) bond motifs is 8. The van der Waals surface area contributed by atoms with Gasteiger partial charge < -0.3 is 0 Å². The standard InChI is InChI=1S/C38H23N5/c1-2-8-24(9-3-1)30-21-19-26-17-18-27-20-22-31(40-35(27)34(26)39-30)25-13-15-28(16-14-25)36-38-37(29-10-4-5-11-32(29)41-36)42-33-12-6-7-23-43(33)38/h1-23H. The normalized spacial score (nSPS) is 11.7. The molecule has 0 aliphatic heterocycles. The van der Waals surface area contributed by atoms with Gasteiger partial charge in [-0.1, -0.05) is 103 Å². The van der Waals surface area contributed by atoms with E-state index in [0.29, 0.717) is 0 Å². The van der Waals surface area contributed by atoms with E-state index in [9.17, 15) is 0 Å². The van der Waals surface area contributed by atoms with Crippen LogP contribution in [0.5, 0.6) is 0 Å². The average molecular weight is 550 g/mol. The highest BCUT2D eigenvalue weighted by Crippen LogP contribution is 2.34. The lowest BCUT2D eigenvalue weighted by atomic mass is 10.0. The van der Waals surface area contributed by atoms with Gasteiger partial charge in [-0.2, -0.15) is 0 Å². The first kappa shape index (κ1) is 23.7. The van der Waals surface area contributed by atoms with E-state index in [-0.39, 0.29) is 0 Å². The largest absolute Gasteiger partial charge is 0.298 e. The van der Waals surface area contributed by atoms with E-state index < -0.39 is 0 Å². The lowest BCUT2D eigenvalue weighted by Crippen LogP contribution is -1.93. The van der Waals surface area contributed by atoms with Gasteiger partial charge in [0.05, 0.1) is 39.1 Å². The Bertz CT molecular complexity index is 2500. The lowest BCUT2D eigenvalue weighted by Gasteiger charge is -2.10. The molecule has 0 aliphatic carbocycles. The maximum absolute atomic E-state index is 5.14. The van der Waals surface area contributed by atoms with E-state index in [1.165, 1.54) is 0 Å². The molecular formula is C38H23N5. The molecule has 5 nitrogen and oxygen atoms in total. The fraction of sp³-hybridized carbons (Fsp3) is 0. The Balaban J connectivity index is 1.18. The topological polar surface area (TPSA) is 56.0 Å². The minimum Gasteiger partial charge on any atom is -0.298 e. The summed E-state index contributed by atoms with van der Waals surface area (Å²) in [4.78, 5) is 20.3. The van der Waals surface area contributed by atoms with E-state index >= 15 is 0 Å². The van der Waals surface area contributed by atoms with Crippen molar-refractivity contribution in [3.63, 3.8) is 0 Å². The van der Waals surface area contributed by atoms with Gasteiger partial charge >= 0.3 is 0 Å². The first-order valence-corrected chi connectivity index (χ1v) is 14.3. The molecule has 0 atom stereocenters. The molecule has 43 heavy (non-hydrogen) atoms. The molecule has 0 radical (unpaired) electrons. The fourth-order valence-corrected chi connectivity index (χ4v) is 6.05. The number of para-hydroxylation sites is 1. The Labute approximate surface area is 246 Å². The van der Waals surface area contributed by atoms with Crippen LogP contribution in [0, 0.1) is 0 Å². The number of imidazole rings is 1. The zero-order chi connectivity index (χ0) is 28.3. The van der Waals surface area contributed by atoms with Gasteiger partial charge in [0.2, 0.25) is 0 Å². The van der Waals surface area contributed by atoms with E-state index in [1.807, 2.05) is 48.5 Å². The van der Waals surface area contributed by atoms with Crippen molar-refractivity contribution in [1.82, 2.24) is 24.3 Å². The fourth-order valence-electron chi connectivity index (χ4n) is 6.05. The molecule has 4 aromatic carbocycles. The van der Waals surface area contributed by atoms with Gasteiger partial charge in [-0.05, 0) is 30.3 Å². The molecule has 5 heteroatoms. The highest BCUT2D eigenvalue weighted by molar-refractivity contribution is 6.09. The third-order valence-corrected chi connectivity index (χ3v) is 8.19. The summed E-state index contributed by atoms with van der Waals surface area (Å²) in [6.07, 6.45) is 2.06. The number of benzene rings is 4. The quantitative estimate of drug-likeness (QED) is 0.206. The van der Waals surface area contributed by atoms with Crippen LogP contribution in [-0.4, -0.2) is 24.3 Å². The van der Waals surface area contributed by atoms with E-state index in [2.05, 4.69) is 95.5 Å². The first-order chi connectivity index (χ1) is 21.3. The predicted octanol–water partition coefficient (Wildman–Crippen LogP) is 9.13. The van der Waals surface area contributed by atoms with Crippen molar-refractivity contribution < 1.29 is 0 Å². The Kier molecular flexibility index (Phi) is 5.13. The van der Waals surface area contributed by atoms with Gasteiger partial charge in [-0.3, -0.25) is 4.40 Å². The smallest absolute Gasteiger partial charge is 0.137 e. The summed E-state index contributed by atoms with van der Waals surface area (Å²) in [6, 6.07) is 45.8. The molecule has 0 aliphatic rings. The summed E-state index contributed by atoms with van der Waals surface area (Å²) in [7, 11) is 0. The molecule has 9 aromatic rings. The molecule has 5 aromatic heterocycles. The summed E-state index contributed by atoms with van der Waals surface area (Å²) in [5.74, 6) is 0. The third-order valence-electron chi connectivity index (χ3n) is 8.19. The highest BCUT2D eigenvalue weighted by atomic mass is 15.0. The maximum Gasteiger partial charge on any atom is 0.137 e. The average Bonchev–Trinajstić information content (AvgIpc) is 3.48. The minimum absolute atomic E-state index is 0.903. The van der Waals surface area contributed by atoms with Crippen LogP contribution in [0.4, 0.5) is 0 Å². The molecule has 0 fully saturated rings. The molecule has 0 saturated carbocycles. The van der Waals surface area contributed by atoms with Crippen LogP contribution in [-0.2, 0) is 0 Å². The van der Waals surface area contributed by atoms with Gasteiger partial charge in [0, 0.05) is 39.0 Å². The van der Waals surface area contributed by atoms with Gasteiger partial charge in [0.1, 0.15) is 11.2 Å².